The number of aromatic nitrogens is 1. The molecule has 0 atom stereocenters. The quantitative estimate of drug-likeness (QED) is 0.728. The van der Waals surface area contributed by atoms with Crippen LogP contribution in [0.1, 0.15) is 32.9 Å². The van der Waals surface area contributed by atoms with Crippen molar-refractivity contribution in [1.82, 2.24) is 15.6 Å². The fourth-order valence-electron chi connectivity index (χ4n) is 3.19. The molecule has 0 unspecified atom stereocenters. The van der Waals surface area contributed by atoms with Gasteiger partial charge in [-0.25, -0.2) is 4.98 Å². The molecule has 2 N–H and O–H groups in total. The number of fused-ring (bicyclic) bond motifs is 1. The number of hydrogen-bond donors (Lipinski definition) is 2. The summed E-state index contributed by atoms with van der Waals surface area (Å²) in [6.07, 6.45) is 0. The minimum absolute atomic E-state index is 0.241. The molecule has 0 spiro atoms. The number of carbonyl (C=O) groups excluding carboxylic acids is 1. The van der Waals surface area contributed by atoms with Crippen molar-refractivity contribution >= 4 is 5.91 Å². The second-order valence-corrected chi connectivity index (χ2v) is 6.54. The Bertz CT molecular complexity index is 977. The highest BCUT2D eigenvalue weighted by Gasteiger charge is 2.18. The molecule has 0 aliphatic carbocycles. The molecule has 6 heteroatoms. The lowest BCUT2D eigenvalue weighted by atomic mass is 10.1. The lowest BCUT2D eigenvalue weighted by molar-refractivity contribution is 0.0945. The van der Waals surface area contributed by atoms with Gasteiger partial charge in [-0.1, -0.05) is 18.2 Å². The van der Waals surface area contributed by atoms with Crippen molar-refractivity contribution in [3.8, 4) is 17.2 Å². The molecule has 1 aliphatic heterocycles. The van der Waals surface area contributed by atoms with Crippen LogP contribution in [0.5, 0.6) is 5.75 Å². The number of oxazole rings is 1. The standard InChI is InChI=1S/C21H21N3O3/c1-13-19(24-21(27-13)15-5-7-18(26-2)8-6-15)20(25)23-10-14-3-4-16-11-22-12-17(16)9-14/h3-9,22H,10-12H2,1-2H3,(H,23,25). The number of benzene rings is 2. The third-order valence-electron chi connectivity index (χ3n) is 4.70. The van der Waals surface area contributed by atoms with E-state index in [1.54, 1.807) is 14.0 Å². The Morgan fingerprint density at radius 1 is 1.19 bits per heavy atom. The number of ether oxygens (including phenoxy) is 1. The Morgan fingerprint density at radius 2 is 1.96 bits per heavy atom. The number of amides is 1. The lowest BCUT2D eigenvalue weighted by Crippen LogP contribution is -2.23. The zero-order valence-corrected chi connectivity index (χ0v) is 15.3. The number of methoxy groups -OCH3 is 1. The molecule has 0 radical (unpaired) electrons. The monoisotopic (exact) mass is 363 g/mol. The average Bonchev–Trinajstić information content (AvgIpc) is 3.32. The smallest absolute Gasteiger partial charge is 0.273 e. The van der Waals surface area contributed by atoms with Gasteiger partial charge in [0.25, 0.3) is 5.91 Å². The van der Waals surface area contributed by atoms with Gasteiger partial charge >= 0.3 is 0 Å². The van der Waals surface area contributed by atoms with Crippen LogP contribution in [0.2, 0.25) is 0 Å². The van der Waals surface area contributed by atoms with E-state index >= 15 is 0 Å². The highest BCUT2D eigenvalue weighted by Crippen LogP contribution is 2.24. The fraction of sp³-hybridized carbons (Fsp3) is 0.238. The Balaban J connectivity index is 1.46. The molecule has 27 heavy (non-hydrogen) atoms. The first-order chi connectivity index (χ1) is 13.1. The van der Waals surface area contributed by atoms with Crippen LogP contribution < -0.4 is 15.4 Å². The van der Waals surface area contributed by atoms with Crippen molar-refractivity contribution in [3.05, 3.63) is 70.6 Å². The van der Waals surface area contributed by atoms with Gasteiger partial charge in [0.05, 0.1) is 7.11 Å². The molecule has 1 aliphatic rings. The Kier molecular flexibility index (Phi) is 4.64. The van der Waals surface area contributed by atoms with Crippen LogP contribution in [0.3, 0.4) is 0 Å². The van der Waals surface area contributed by atoms with Crippen LogP contribution in [0.25, 0.3) is 11.5 Å². The molecular formula is C21H21N3O3. The zero-order chi connectivity index (χ0) is 18.8. The first kappa shape index (κ1) is 17.3. The normalized spacial score (nSPS) is 12.7. The Hall–Kier alpha value is -3.12. The third-order valence-corrected chi connectivity index (χ3v) is 4.70. The summed E-state index contributed by atoms with van der Waals surface area (Å²) in [4.78, 5) is 16.9. The van der Waals surface area contributed by atoms with Crippen LogP contribution >= 0.6 is 0 Å². The first-order valence-electron chi connectivity index (χ1n) is 8.85. The molecule has 0 bridgehead atoms. The van der Waals surface area contributed by atoms with Gasteiger partial charge in [-0.05, 0) is 47.9 Å². The van der Waals surface area contributed by atoms with Gasteiger partial charge in [-0.3, -0.25) is 4.79 Å². The van der Waals surface area contributed by atoms with E-state index in [2.05, 4.69) is 27.8 Å². The van der Waals surface area contributed by atoms with Crippen molar-refractivity contribution in [2.45, 2.75) is 26.6 Å². The number of nitrogens with zero attached hydrogens (tertiary/aromatic N) is 1. The van der Waals surface area contributed by atoms with Crippen molar-refractivity contribution in [1.29, 1.82) is 0 Å². The number of aryl methyl sites for hydroxylation is 1. The van der Waals surface area contributed by atoms with Gasteiger partial charge in [-0.15, -0.1) is 0 Å². The molecule has 1 amide bonds. The maximum Gasteiger partial charge on any atom is 0.273 e. The summed E-state index contributed by atoms with van der Waals surface area (Å²) in [5.74, 6) is 1.43. The molecule has 2 aromatic carbocycles. The van der Waals surface area contributed by atoms with Crippen LogP contribution in [0, 0.1) is 6.92 Å². The van der Waals surface area contributed by atoms with E-state index in [-0.39, 0.29) is 5.91 Å². The molecular weight excluding hydrogens is 342 g/mol. The maximum atomic E-state index is 12.6. The van der Waals surface area contributed by atoms with Gasteiger partial charge in [0, 0.05) is 25.2 Å². The summed E-state index contributed by atoms with van der Waals surface area (Å²) in [5, 5.41) is 6.25. The topological polar surface area (TPSA) is 76.4 Å². The SMILES string of the molecule is COc1ccc(-c2nc(C(=O)NCc3ccc4c(c3)CNC4)c(C)o2)cc1. The Morgan fingerprint density at radius 3 is 2.74 bits per heavy atom. The summed E-state index contributed by atoms with van der Waals surface area (Å²) in [5.41, 5.74) is 4.79. The molecule has 0 fully saturated rings. The summed E-state index contributed by atoms with van der Waals surface area (Å²) in [7, 11) is 1.62. The second kappa shape index (κ2) is 7.25. The van der Waals surface area contributed by atoms with E-state index in [0.29, 0.717) is 23.9 Å². The number of carbonyl (C=O) groups is 1. The molecule has 4 rings (SSSR count). The fourth-order valence-corrected chi connectivity index (χ4v) is 3.19. The minimum Gasteiger partial charge on any atom is -0.497 e. The van der Waals surface area contributed by atoms with Crippen molar-refractivity contribution < 1.29 is 13.9 Å². The third kappa shape index (κ3) is 3.57. The zero-order valence-electron chi connectivity index (χ0n) is 15.3. The largest absolute Gasteiger partial charge is 0.497 e. The summed E-state index contributed by atoms with van der Waals surface area (Å²) < 4.78 is 10.8. The molecule has 0 saturated carbocycles. The molecule has 1 aromatic heterocycles. The predicted molar refractivity (Wildman–Crippen MR) is 101 cm³/mol. The van der Waals surface area contributed by atoms with E-state index in [1.807, 2.05) is 30.3 Å². The van der Waals surface area contributed by atoms with Crippen molar-refractivity contribution in [3.63, 3.8) is 0 Å². The van der Waals surface area contributed by atoms with E-state index in [1.165, 1.54) is 11.1 Å². The second-order valence-electron chi connectivity index (χ2n) is 6.54. The van der Waals surface area contributed by atoms with Gasteiger partial charge in [0.2, 0.25) is 5.89 Å². The molecule has 6 nitrogen and oxygen atoms in total. The maximum absolute atomic E-state index is 12.6. The van der Waals surface area contributed by atoms with Crippen LogP contribution in [0.4, 0.5) is 0 Å². The molecule has 138 valence electrons. The summed E-state index contributed by atoms with van der Waals surface area (Å²) in [6.45, 7) is 3.99. The van der Waals surface area contributed by atoms with Crippen molar-refractivity contribution in [2.75, 3.05) is 7.11 Å². The van der Waals surface area contributed by atoms with Gasteiger partial charge in [0.15, 0.2) is 5.69 Å². The van der Waals surface area contributed by atoms with Gasteiger partial charge < -0.3 is 19.8 Å². The van der Waals surface area contributed by atoms with Crippen LogP contribution in [-0.2, 0) is 19.6 Å². The van der Waals surface area contributed by atoms with E-state index in [4.69, 9.17) is 9.15 Å². The average molecular weight is 363 g/mol. The lowest BCUT2D eigenvalue weighted by Gasteiger charge is -2.06. The number of rotatable bonds is 5. The predicted octanol–water partition coefficient (Wildman–Crippen LogP) is 3.19. The first-order valence-corrected chi connectivity index (χ1v) is 8.85. The van der Waals surface area contributed by atoms with E-state index in [0.717, 1.165) is 30.0 Å². The van der Waals surface area contributed by atoms with Gasteiger partial charge in [-0.2, -0.15) is 0 Å². The molecule has 3 aromatic rings. The summed E-state index contributed by atoms with van der Waals surface area (Å²) >= 11 is 0. The van der Waals surface area contributed by atoms with E-state index < -0.39 is 0 Å². The highest BCUT2D eigenvalue weighted by atomic mass is 16.5. The minimum atomic E-state index is -0.241. The summed E-state index contributed by atoms with van der Waals surface area (Å²) in [6, 6.07) is 13.7. The van der Waals surface area contributed by atoms with Crippen molar-refractivity contribution in [2.24, 2.45) is 0 Å². The molecule has 0 saturated heterocycles. The number of hydrogen-bond acceptors (Lipinski definition) is 5. The van der Waals surface area contributed by atoms with Gasteiger partial charge in [0.1, 0.15) is 11.5 Å². The Labute approximate surface area is 157 Å². The van der Waals surface area contributed by atoms with Crippen LogP contribution in [-0.4, -0.2) is 18.0 Å². The highest BCUT2D eigenvalue weighted by molar-refractivity contribution is 5.93. The van der Waals surface area contributed by atoms with E-state index in [9.17, 15) is 4.79 Å². The van der Waals surface area contributed by atoms with Crippen LogP contribution in [0.15, 0.2) is 46.9 Å². The number of nitrogens with one attached hydrogen (secondary N) is 2. The molecule has 2 heterocycles.